The predicted octanol–water partition coefficient (Wildman–Crippen LogP) is 12.8. The fourth-order valence-electron chi connectivity index (χ4n) is 7.48. The summed E-state index contributed by atoms with van der Waals surface area (Å²) in [6.07, 6.45) is 20.2. The van der Waals surface area contributed by atoms with Crippen molar-refractivity contribution in [3.05, 3.63) is 83.6 Å². The fourth-order valence-corrected chi connectivity index (χ4v) is 7.48. The van der Waals surface area contributed by atoms with E-state index >= 15 is 0 Å². The van der Waals surface area contributed by atoms with Gasteiger partial charge in [-0.2, -0.15) is 0 Å². The molecule has 0 bridgehead atoms. The average molecular weight is 850 g/mol. The predicted molar refractivity (Wildman–Crippen MR) is 207 cm³/mol. The minimum atomic E-state index is -0.181. The van der Waals surface area contributed by atoms with Crippen LogP contribution in [0.5, 0.6) is 0 Å². The summed E-state index contributed by atoms with van der Waals surface area (Å²) < 4.78 is 0. The van der Waals surface area contributed by atoms with Gasteiger partial charge in [-0.05, 0) is 24.1 Å². The molecule has 1 radical (unpaired) electrons. The third-order valence-corrected chi connectivity index (χ3v) is 10.4. The van der Waals surface area contributed by atoms with Crippen LogP contribution >= 0.6 is 0 Å². The first-order chi connectivity index (χ1) is 23.5. The summed E-state index contributed by atoms with van der Waals surface area (Å²) in [4.78, 5) is 19.7. The quantitative estimate of drug-likeness (QED) is 0.0832. The van der Waals surface area contributed by atoms with Crippen molar-refractivity contribution < 1.29 is 20.1 Å². The summed E-state index contributed by atoms with van der Waals surface area (Å²) >= 11 is 0. The van der Waals surface area contributed by atoms with Crippen molar-refractivity contribution in [2.75, 3.05) is 0 Å². The third-order valence-electron chi connectivity index (χ3n) is 10.4. The van der Waals surface area contributed by atoms with Crippen LogP contribution in [0.2, 0.25) is 0 Å². The molecule has 0 atom stereocenters. The molecule has 0 N–H and O–H groups in total. The van der Waals surface area contributed by atoms with E-state index in [9.17, 15) is 0 Å². The smallest absolute Gasteiger partial charge is 0.164 e. The van der Waals surface area contributed by atoms with Gasteiger partial charge in [-0.25, -0.2) is 15.0 Å². The Labute approximate surface area is 317 Å². The Morgan fingerprint density at radius 3 is 1.72 bits per heavy atom. The van der Waals surface area contributed by atoms with Crippen LogP contribution in [0.4, 0.5) is 0 Å². The van der Waals surface area contributed by atoms with Gasteiger partial charge in [-0.1, -0.05) is 180 Å². The van der Waals surface area contributed by atoms with Crippen molar-refractivity contribution in [3.63, 3.8) is 0 Å². The summed E-state index contributed by atoms with van der Waals surface area (Å²) in [5, 5.41) is 0. The van der Waals surface area contributed by atoms with Gasteiger partial charge in [0.1, 0.15) is 11.6 Å². The molecule has 0 aliphatic heterocycles. The van der Waals surface area contributed by atoms with Gasteiger partial charge in [0, 0.05) is 48.1 Å². The minimum absolute atomic E-state index is 0. The van der Waals surface area contributed by atoms with Crippen LogP contribution in [0.25, 0.3) is 33.8 Å². The van der Waals surface area contributed by atoms with Gasteiger partial charge in [0.15, 0.2) is 5.82 Å². The number of hydrogen-bond donors (Lipinski definition) is 0. The standard InChI is InChI=1S/C45H61N4.Ir/c1-9-11-13-15-17-21-29-45(30-22-18-16-14-12-10-2)37-24-20-19-23-35(37)36-27-25-33(31-38(36)45)39-28-26-34(32-46-39)40-47-41(43(3,4)5)49-42(48-40)44(6,7)8;/h19-20,23-24,26-28,31-32H,9-18,21-22,29-30H2,1-8H3;/q-1;. The molecule has 0 amide bonds. The zero-order valence-corrected chi connectivity index (χ0v) is 34.6. The summed E-state index contributed by atoms with van der Waals surface area (Å²) in [6, 6.07) is 21.8. The second-order valence-electron chi connectivity index (χ2n) is 16.6. The molecule has 1 aliphatic carbocycles. The maximum atomic E-state index is 5.01. The SMILES string of the molecule is CCCCCCCCC1(CCCCCCCC)c2ccccc2-c2c[c-]c(-c3ccc(-c4nc(C(C)(C)C)nc(C(C)(C)C)n4)cn3)cc21.[Ir]. The van der Waals surface area contributed by atoms with Gasteiger partial charge in [0.25, 0.3) is 0 Å². The molecule has 0 saturated heterocycles. The van der Waals surface area contributed by atoms with Crippen LogP contribution in [-0.4, -0.2) is 19.9 Å². The molecule has 0 unspecified atom stereocenters. The van der Waals surface area contributed by atoms with E-state index in [4.69, 9.17) is 19.9 Å². The summed E-state index contributed by atoms with van der Waals surface area (Å²) in [6.45, 7) is 17.5. The van der Waals surface area contributed by atoms with Gasteiger partial charge in [0.2, 0.25) is 0 Å². The van der Waals surface area contributed by atoms with E-state index in [1.165, 1.54) is 112 Å². The third kappa shape index (κ3) is 9.37. The summed E-state index contributed by atoms with van der Waals surface area (Å²) in [7, 11) is 0. The number of pyridine rings is 1. The molecule has 5 heteroatoms. The number of benzene rings is 2. The number of hydrogen-bond acceptors (Lipinski definition) is 4. The molecule has 50 heavy (non-hydrogen) atoms. The fraction of sp³-hybridized carbons (Fsp3) is 0.556. The number of fused-ring (bicyclic) bond motifs is 3. The molecule has 0 saturated carbocycles. The van der Waals surface area contributed by atoms with Crippen molar-refractivity contribution in [1.82, 2.24) is 19.9 Å². The molecule has 4 aromatic rings. The molecule has 5 rings (SSSR count). The first kappa shape index (κ1) is 40.0. The Kier molecular flexibility index (Phi) is 14.1. The second-order valence-corrected chi connectivity index (χ2v) is 16.6. The van der Waals surface area contributed by atoms with Crippen LogP contribution in [0, 0.1) is 6.07 Å². The Hall–Kier alpha value is -2.75. The van der Waals surface area contributed by atoms with Gasteiger partial charge >= 0.3 is 0 Å². The molecule has 2 aromatic heterocycles. The number of unbranched alkanes of at least 4 members (excludes halogenated alkanes) is 10. The van der Waals surface area contributed by atoms with E-state index in [-0.39, 0.29) is 36.4 Å². The maximum absolute atomic E-state index is 5.01. The summed E-state index contributed by atoms with van der Waals surface area (Å²) in [5.74, 6) is 2.31. The zero-order valence-electron chi connectivity index (χ0n) is 32.2. The second kappa shape index (κ2) is 17.6. The maximum Gasteiger partial charge on any atom is 0.164 e. The molecule has 2 aromatic carbocycles. The Balaban J connectivity index is 0.00000562. The van der Waals surface area contributed by atoms with E-state index in [0.29, 0.717) is 5.82 Å². The van der Waals surface area contributed by atoms with Gasteiger partial charge < -0.3 is 4.98 Å². The summed E-state index contributed by atoms with van der Waals surface area (Å²) in [5.41, 5.74) is 8.38. The minimum Gasteiger partial charge on any atom is -0.304 e. The van der Waals surface area contributed by atoms with E-state index in [2.05, 4.69) is 110 Å². The largest absolute Gasteiger partial charge is 0.304 e. The van der Waals surface area contributed by atoms with Crippen LogP contribution in [0.15, 0.2) is 54.7 Å². The first-order valence-corrected chi connectivity index (χ1v) is 19.4. The van der Waals surface area contributed by atoms with Crippen molar-refractivity contribution in [1.29, 1.82) is 0 Å². The van der Waals surface area contributed by atoms with Crippen molar-refractivity contribution in [2.45, 2.75) is 162 Å². The van der Waals surface area contributed by atoms with Crippen molar-refractivity contribution in [3.8, 4) is 33.8 Å². The molecule has 271 valence electrons. The van der Waals surface area contributed by atoms with Gasteiger partial charge in [0.05, 0.1) is 0 Å². The van der Waals surface area contributed by atoms with Gasteiger partial charge in [-0.3, -0.25) is 0 Å². The monoisotopic (exact) mass is 850 g/mol. The zero-order chi connectivity index (χ0) is 35.1. The number of rotatable bonds is 16. The molecular weight excluding hydrogens is 789 g/mol. The van der Waals surface area contributed by atoms with Crippen LogP contribution < -0.4 is 0 Å². The van der Waals surface area contributed by atoms with E-state index < -0.39 is 0 Å². The molecule has 2 heterocycles. The Bertz CT molecular complexity index is 1610. The molecule has 0 fully saturated rings. The van der Waals surface area contributed by atoms with E-state index in [1.807, 2.05) is 6.20 Å². The molecule has 1 aliphatic rings. The van der Waals surface area contributed by atoms with Gasteiger partial charge in [-0.15, -0.1) is 29.3 Å². The van der Waals surface area contributed by atoms with Crippen LogP contribution in [0.3, 0.4) is 0 Å². The Morgan fingerprint density at radius 1 is 0.620 bits per heavy atom. The number of aromatic nitrogens is 4. The molecule has 0 spiro atoms. The molecular formula is C45H61IrN4-. The number of nitrogens with zero attached hydrogens (tertiary/aromatic N) is 4. The first-order valence-electron chi connectivity index (χ1n) is 19.4. The average Bonchev–Trinajstić information content (AvgIpc) is 3.36. The topological polar surface area (TPSA) is 51.6 Å². The van der Waals surface area contributed by atoms with E-state index in [0.717, 1.165) is 28.5 Å². The Morgan fingerprint density at radius 2 is 1.18 bits per heavy atom. The van der Waals surface area contributed by atoms with Crippen molar-refractivity contribution in [2.24, 2.45) is 0 Å². The van der Waals surface area contributed by atoms with Crippen molar-refractivity contribution >= 4 is 0 Å². The molecule has 4 nitrogen and oxygen atoms in total. The van der Waals surface area contributed by atoms with E-state index in [1.54, 1.807) is 0 Å². The normalized spacial score (nSPS) is 13.5. The van der Waals surface area contributed by atoms with Crippen LogP contribution in [0.1, 0.15) is 168 Å². The van der Waals surface area contributed by atoms with Crippen LogP contribution in [-0.2, 0) is 36.4 Å².